The van der Waals surface area contributed by atoms with Crippen LogP contribution in [0.15, 0.2) is 35.7 Å². The zero-order valence-corrected chi connectivity index (χ0v) is 12.3. The summed E-state index contributed by atoms with van der Waals surface area (Å²) < 4.78 is 0. The smallest absolute Gasteiger partial charge is 0.0932 e. The number of hydrogen-bond acceptors (Lipinski definition) is 3. The van der Waals surface area contributed by atoms with E-state index in [4.69, 9.17) is 10.7 Å². The SMILES string of the molecule is CCCC(N)CCCc1nc(-c2ccccc2)cs1. The minimum Gasteiger partial charge on any atom is -0.328 e. The first-order valence-corrected chi connectivity index (χ1v) is 7.93. The van der Waals surface area contributed by atoms with Gasteiger partial charge in [0.05, 0.1) is 10.7 Å². The highest BCUT2D eigenvalue weighted by Crippen LogP contribution is 2.22. The van der Waals surface area contributed by atoms with Gasteiger partial charge in [-0.15, -0.1) is 11.3 Å². The van der Waals surface area contributed by atoms with E-state index >= 15 is 0 Å². The highest BCUT2D eigenvalue weighted by Gasteiger charge is 2.05. The molecule has 19 heavy (non-hydrogen) atoms. The third-order valence-corrected chi connectivity index (χ3v) is 4.15. The number of nitrogens with zero attached hydrogens (tertiary/aromatic N) is 1. The monoisotopic (exact) mass is 274 g/mol. The predicted molar refractivity (Wildman–Crippen MR) is 83.4 cm³/mol. The van der Waals surface area contributed by atoms with Crippen molar-refractivity contribution in [3.63, 3.8) is 0 Å². The molecule has 0 aliphatic rings. The first kappa shape index (κ1) is 14.2. The van der Waals surface area contributed by atoms with Crippen molar-refractivity contribution in [3.8, 4) is 11.3 Å². The molecule has 0 aliphatic carbocycles. The maximum absolute atomic E-state index is 6.03. The van der Waals surface area contributed by atoms with Gasteiger partial charge in [0.1, 0.15) is 0 Å². The van der Waals surface area contributed by atoms with Crippen LogP contribution in [0, 0.1) is 0 Å². The summed E-state index contributed by atoms with van der Waals surface area (Å²) in [6.07, 6.45) is 5.61. The molecule has 0 aliphatic heterocycles. The number of hydrogen-bond donors (Lipinski definition) is 1. The van der Waals surface area contributed by atoms with Gasteiger partial charge < -0.3 is 5.73 Å². The second kappa shape index (κ2) is 7.41. The van der Waals surface area contributed by atoms with Crippen molar-refractivity contribution in [2.24, 2.45) is 5.73 Å². The van der Waals surface area contributed by atoms with Gasteiger partial charge in [-0.05, 0) is 25.7 Å². The summed E-state index contributed by atoms with van der Waals surface area (Å²) in [5.74, 6) is 0. The Morgan fingerprint density at radius 2 is 2.00 bits per heavy atom. The van der Waals surface area contributed by atoms with Gasteiger partial charge in [0, 0.05) is 17.0 Å². The van der Waals surface area contributed by atoms with Crippen molar-refractivity contribution >= 4 is 11.3 Å². The van der Waals surface area contributed by atoms with E-state index in [-0.39, 0.29) is 0 Å². The molecule has 1 aromatic carbocycles. The first-order valence-electron chi connectivity index (χ1n) is 7.05. The van der Waals surface area contributed by atoms with Crippen molar-refractivity contribution in [1.29, 1.82) is 0 Å². The van der Waals surface area contributed by atoms with Gasteiger partial charge in [-0.3, -0.25) is 0 Å². The highest BCUT2D eigenvalue weighted by molar-refractivity contribution is 7.09. The van der Waals surface area contributed by atoms with E-state index in [1.807, 2.05) is 6.07 Å². The normalized spacial score (nSPS) is 12.5. The van der Waals surface area contributed by atoms with E-state index in [0.29, 0.717) is 6.04 Å². The summed E-state index contributed by atoms with van der Waals surface area (Å²) in [4.78, 5) is 4.70. The van der Waals surface area contributed by atoms with Crippen molar-refractivity contribution in [2.45, 2.75) is 45.1 Å². The van der Waals surface area contributed by atoms with Crippen molar-refractivity contribution in [2.75, 3.05) is 0 Å². The number of thiazole rings is 1. The summed E-state index contributed by atoms with van der Waals surface area (Å²) in [5, 5.41) is 3.37. The van der Waals surface area contributed by atoms with Crippen molar-refractivity contribution in [3.05, 3.63) is 40.7 Å². The lowest BCUT2D eigenvalue weighted by molar-refractivity contribution is 0.539. The van der Waals surface area contributed by atoms with Crippen LogP contribution in [0.5, 0.6) is 0 Å². The average Bonchev–Trinajstić information content (AvgIpc) is 2.89. The third-order valence-electron chi connectivity index (χ3n) is 3.25. The van der Waals surface area contributed by atoms with Crippen LogP contribution in [0.1, 0.15) is 37.6 Å². The molecule has 102 valence electrons. The van der Waals surface area contributed by atoms with Crippen LogP contribution in [0.3, 0.4) is 0 Å². The quantitative estimate of drug-likeness (QED) is 0.819. The lowest BCUT2D eigenvalue weighted by Crippen LogP contribution is -2.19. The summed E-state index contributed by atoms with van der Waals surface area (Å²) in [6, 6.07) is 10.7. The van der Waals surface area contributed by atoms with Crippen LogP contribution < -0.4 is 5.73 Å². The van der Waals surface area contributed by atoms with Crippen LogP contribution in [0.2, 0.25) is 0 Å². The van der Waals surface area contributed by atoms with E-state index in [9.17, 15) is 0 Å². The molecule has 3 heteroatoms. The molecule has 0 bridgehead atoms. The first-order chi connectivity index (χ1) is 9.29. The van der Waals surface area contributed by atoms with Crippen LogP contribution in [-0.4, -0.2) is 11.0 Å². The minimum atomic E-state index is 0.360. The van der Waals surface area contributed by atoms with E-state index in [1.54, 1.807) is 11.3 Å². The Labute approximate surface area is 119 Å². The number of benzene rings is 1. The van der Waals surface area contributed by atoms with E-state index < -0.39 is 0 Å². The van der Waals surface area contributed by atoms with Gasteiger partial charge in [0.25, 0.3) is 0 Å². The molecule has 1 aromatic heterocycles. The lowest BCUT2D eigenvalue weighted by Gasteiger charge is -2.08. The molecule has 2 N–H and O–H groups in total. The minimum absolute atomic E-state index is 0.360. The number of aryl methyl sites for hydroxylation is 1. The van der Waals surface area contributed by atoms with Crippen LogP contribution >= 0.6 is 11.3 Å². The molecule has 0 spiro atoms. The molecule has 1 unspecified atom stereocenters. The van der Waals surface area contributed by atoms with Crippen LogP contribution in [0.25, 0.3) is 11.3 Å². The maximum Gasteiger partial charge on any atom is 0.0932 e. The number of rotatable bonds is 7. The molecule has 0 amide bonds. The van der Waals surface area contributed by atoms with Gasteiger partial charge in [0.2, 0.25) is 0 Å². The molecular weight excluding hydrogens is 252 g/mol. The Bertz CT molecular complexity index is 479. The molecule has 0 fully saturated rings. The van der Waals surface area contributed by atoms with Gasteiger partial charge in [-0.25, -0.2) is 4.98 Å². The molecule has 2 rings (SSSR count). The Balaban J connectivity index is 1.85. The predicted octanol–water partition coefficient (Wildman–Crippen LogP) is 4.26. The van der Waals surface area contributed by atoms with Gasteiger partial charge in [0.15, 0.2) is 0 Å². The molecule has 0 saturated heterocycles. The standard InChI is InChI=1S/C16H22N2S/c1-2-7-14(17)10-6-11-16-18-15(12-19-16)13-8-4-3-5-9-13/h3-5,8-9,12,14H,2,6-7,10-11,17H2,1H3. The molecule has 2 aromatic rings. The van der Waals surface area contributed by atoms with Crippen molar-refractivity contribution < 1.29 is 0 Å². The molecule has 0 saturated carbocycles. The Morgan fingerprint density at radius 1 is 1.21 bits per heavy atom. The zero-order chi connectivity index (χ0) is 13.5. The van der Waals surface area contributed by atoms with E-state index in [1.165, 1.54) is 17.0 Å². The Kier molecular flexibility index (Phi) is 5.55. The fourth-order valence-electron chi connectivity index (χ4n) is 2.20. The van der Waals surface area contributed by atoms with E-state index in [0.717, 1.165) is 31.4 Å². The zero-order valence-electron chi connectivity index (χ0n) is 11.5. The summed E-state index contributed by atoms with van der Waals surface area (Å²) in [7, 11) is 0. The Morgan fingerprint density at radius 3 is 2.74 bits per heavy atom. The van der Waals surface area contributed by atoms with Crippen molar-refractivity contribution in [1.82, 2.24) is 4.98 Å². The highest BCUT2D eigenvalue weighted by atomic mass is 32.1. The summed E-state index contributed by atoms with van der Waals surface area (Å²) in [5.41, 5.74) is 8.32. The van der Waals surface area contributed by atoms with Gasteiger partial charge >= 0.3 is 0 Å². The van der Waals surface area contributed by atoms with Crippen LogP contribution in [-0.2, 0) is 6.42 Å². The second-order valence-electron chi connectivity index (χ2n) is 4.93. The maximum atomic E-state index is 6.03. The molecular formula is C16H22N2S. The van der Waals surface area contributed by atoms with Crippen LogP contribution in [0.4, 0.5) is 0 Å². The van der Waals surface area contributed by atoms with Gasteiger partial charge in [-0.2, -0.15) is 0 Å². The van der Waals surface area contributed by atoms with Gasteiger partial charge in [-0.1, -0.05) is 43.7 Å². The lowest BCUT2D eigenvalue weighted by atomic mass is 10.1. The third kappa shape index (κ3) is 4.44. The molecule has 2 nitrogen and oxygen atoms in total. The van der Waals surface area contributed by atoms with E-state index in [2.05, 4.69) is 36.6 Å². The molecule has 1 atom stereocenters. The second-order valence-corrected chi connectivity index (χ2v) is 5.88. The Hall–Kier alpha value is -1.19. The average molecular weight is 274 g/mol. The molecule has 1 heterocycles. The summed E-state index contributed by atoms with van der Waals surface area (Å²) >= 11 is 1.76. The fraction of sp³-hybridized carbons (Fsp3) is 0.438. The summed E-state index contributed by atoms with van der Waals surface area (Å²) in [6.45, 7) is 2.19. The fourth-order valence-corrected chi connectivity index (χ4v) is 3.05. The topological polar surface area (TPSA) is 38.9 Å². The largest absolute Gasteiger partial charge is 0.328 e. The number of nitrogens with two attached hydrogens (primary N) is 1. The molecule has 0 radical (unpaired) electrons. The number of aromatic nitrogens is 1.